The van der Waals surface area contributed by atoms with Gasteiger partial charge in [0.1, 0.15) is 12.0 Å². The van der Waals surface area contributed by atoms with Crippen LogP contribution in [0.15, 0.2) is 12.3 Å². The van der Waals surface area contributed by atoms with Crippen molar-refractivity contribution in [2.75, 3.05) is 32.6 Å². The quantitative estimate of drug-likeness (QED) is 0.430. The summed E-state index contributed by atoms with van der Waals surface area (Å²) in [6, 6.07) is 1.20. The van der Waals surface area contributed by atoms with Crippen LogP contribution in [0.2, 0.25) is 0 Å². The highest BCUT2D eigenvalue weighted by Crippen LogP contribution is 2.18. The van der Waals surface area contributed by atoms with E-state index in [1.807, 2.05) is 0 Å². The number of anilines is 1. The van der Waals surface area contributed by atoms with Crippen LogP contribution in [0.3, 0.4) is 0 Å². The van der Waals surface area contributed by atoms with Crippen LogP contribution in [0.4, 0.5) is 11.5 Å². The predicted octanol–water partition coefficient (Wildman–Crippen LogP) is 0.798. The van der Waals surface area contributed by atoms with Gasteiger partial charge < -0.3 is 15.4 Å². The van der Waals surface area contributed by atoms with Crippen molar-refractivity contribution in [3.8, 4) is 0 Å². The van der Waals surface area contributed by atoms with E-state index >= 15 is 0 Å². The highest BCUT2D eigenvalue weighted by molar-refractivity contribution is 5.99. The van der Waals surface area contributed by atoms with E-state index in [4.69, 9.17) is 4.74 Å². The molecular weight excluding hydrogens is 252 g/mol. The van der Waals surface area contributed by atoms with Crippen LogP contribution in [0.1, 0.15) is 16.8 Å². The Balaban J connectivity index is 2.81. The number of carbonyl (C=O) groups excluding carboxylic acids is 1. The lowest BCUT2D eigenvalue weighted by Crippen LogP contribution is -2.26. The summed E-state index contributed by atoms with van der Waals surface area (Å²) in [6.45, 7) is 0.963. The zero-order valence-corrected chi connectivity index (χ0v) is 10.8. The third-order valence-electron chi connectivity index (χ3n) is 2.38. The van der Waals surface area contributed by atoms with Gasteiger partial charge in [-0.25, -0.2) is 4.98 Å². The summed E-state index contributed by atoms with van der Waals surface area (Å²) in [5.74, 6) is -0.105. The number of hydrogen-bond donors (Lipinski definition) is 2. The molecule has 104 valence electrons. The number of aromatic nitrogens is 1. The highest BCUT2D eigenvalue weighted by atomic mass is 16.6. The molecule has 1 aromatic heterocycles. The molecule has 0 aliphatic carbocycles. The lowest BCUT2D eigenvalue weighted by atomic mass is 10.2. The van der Waals surface area contributed by atoms with Crippen molar-refractivity contribution in [1.29, 1.82) is 0 Å². The minimum Gasteiger partial charge on any atom is -0.385 e. The molecule has 0 fully saturated rings. The summed E-state index contributed by atoms with van der Waals surface area (Å²) in [5.41, 5.74) is -0.0739. The Hall–Kier alpha value is -2.22. The molecule has 0 bridgehead atoms. The standard InChI is InChI=1S/C11H16N4O4/c1-12-10-9(6-8(7-14-10)15(17)18)11(16)13-4-3-5-19-2/h6-7H,3-5H2,1-2H3,(H,12,14)(H,13,16). The third kappa shape index (κ3) is 4.18. The van der Waals surface area contributed by atoms with Crippen LogP contribution in [0.25, 0.3) is 0 Å². The first-order valence-electron chi connectivity index (χ1n) is 5.69. The number of methoxy groups -OCH3 is 1. The van der Waals surface area contributed by atoms with Crippen molar-refractivity contribution in [3.63, 3.8) is 0 Å². The maximum Gasteiger partial charge on any atom is 0.288 e. The number of nitrogens with zero attached hydrogens (tertiary/aromatic N) is 2. The van der Waals surface area contributed by atoms with Crippen LogP contribution < -0.4 is 10.6 Å². The first kappa shape index (κ1) is 14.8. The smallest absolute Gasteiger partial charge is 0.288 e. The van der Waals surface area contributed by atoms with Gasteiger partial charge in [0.2, 0.25) is 0 Å². The van der Waals surface area contributed by atoms with E-state index < -0.39 is 10.8 Å². The number of ether oxygens (including phenoxy) is 1. The van der Waals surface area contributed by atoms with E-state index in [1.165, 1.54) is 6.07 Å². The minimum atomic E-state index is -0.589. The third-order valence-corrected chi connectivity index (χ3v) is 2.38. The van der Waals surface area contributed by atoms with Crippen molar-refractivity contribution in [2.24, 2.45) is 0 Å². The van der Waals surface area contributed by atoms with E-state index in [2.05, 4.69) is 15.6 Å². The summed E-state index contributed by atoms with van der Waals surface area (Å²) in [4.78, 5) is 25.8. The van der Waals surface area contributed by atoms with Crippen molar-refractivity contribution in [3.05, 3.63) is 27.9 Å². The maximum atomic E-state index is 11.9. The van der Waals surface area contributed by atoms with E-state index in [-0.39, 0.29) is 11.3 Å². The maximum absolute atomic E-state index is 11.9. The van der Waals surface area contributed by atoms with Crippen LogP contribution in [-0.2, 0) is 4.74 Å². The van der Waals surface area contributed by atoms with E-state index in [0.29, 0.717) is 25.4 Å². The molecule has 1 aromatic rings. The summed E-state index contributed by atoms with van der Waals surface area (Å²) in [6.07, 6.45) is 1.77. The van der Waals surface area contributed by atoms with Crippen LogP contribution >= 0.6 is 0 Å². The second-order valence-electron chi connectivity index (χ2n) is 3.70. The van der Waals surface area contributed by atoms with E-state index in [0.717, 1.165) is 6.20 Å². The highest BCUT2D eigenvalue weighted by Gasteiger charge is 2.17. The molecule has 1 rings (SSSR count). The van der Waals surface area contributed by atoms with E-state index in [1.54, 1.807) is 14.2 Å². The SMILES string of the molecule is CNc1ncc([N+](=O)[O-])cc1C(=O)NCCCOC. The normalized spacial score (nSPS) is 10.0. The number of rotatable bonds is 7. The van der Waals surface area contributed by atoms with Gasteiger partial charge in [0.05, 0.1) is 10.5 Å². The van der Waals surface area contributed by atoms with Gasteiger partial charge in [-0.2, -0.15) is 0 Å². The zero-order chi connectivity index (χ0) is 14.3. The Morgan fingerprint density at radius 2 is 2.32 bits per heavy atom. The van der Waals surface area contributed by atoms with Gasteiger partial charge in [-0.3, -0.25) is 14.9 Å². The van der Waals surface area contributed by atoms with Crippen molar-refractivity contribution in [1.82, 2.24) is 10.3 Å². The average molecular weight is 268 g/mol. The molecule has 0 aromatic carbocycles. The molecule has 0 unspecified atom stereocenters. The number of amides is 1. The summed E-state index contributed by atoms with van der Waals surface area (Å²) >= 11 is 0. The molecule has 0 saturated carbocycles. The second-order valence-corrected chi connectivity index (χ2v) is 3.70. The summed E-state index contributed by atoms with van der Waals surface area (Å²) < 4.78 is 4.86. The van der Waals surface area contributed by atoms with Gasteiger partial charge in [0.15, 0.2) is 0 Å². The Bertz CT molecular complexity index is 464. The minimum absolute atomic E-state index is 0.147. The molecule has 8 heteroatoms. The first-order valence-corrected chi connectivity index (χ1v) is 5.69. The van der Waals surface area contributed by atoms with Gasteiger partial charge in [-0.1, -0.05) is 0 Å². The molecule has 0 spiro atoms. The Kier molecular flexibility index (Phi) is 5.68. The number of nitrogens with one attached hydrogen (secondary N) is 2. The van der Waals surface area contributed by atoms with Crippen molar-refractivity contribution < 1.29 is 14.5 Å². The Morgan fingerprint density at radius 1 is 1.58 bits per heavy atom. The summed E-state index contributed by atoms with van der Waals surface area (Å²) in [7, 11) is 3.17. The molecule has 0 radical (unpaired) electrons. The topological polar surface area (TPSA) is 106 Å². The van der Waals surface area contributed by atoms with E-state index in [9.17, 15) is 14.9 Å². The van der Waals surface area contributed by atoms with Crippen molar-refractivity contribution in [2.45, 2.75) is 6.42 Å². The second kappa shape index (κ2) is 7.27. The molecule has 0 atom stereocenters. The van der Waals surface area contributed by atoms with Gasteiger partial charge >= 0.3 is 0 Å². The fourth-order valence-corrected chi connectivity index (χ4v) is 1.44. The molecule has 8 nitrogen and oxygen atoms in total. The lowest BCUT2D eigenvalue weighted by Gasteiger charge is -2.08. The molecule has 1 amide bonds. The van der Waals surface area contributed by atoms with Gasteiger partial charge in [-0.05, 0) is 6.42 Å². The number of nitro groups is 1. The zero-order valence-electron chi connectivity index (χ0n) is 10.8. The molecule has 0 aliphatic rings. The van der Waals surface area contributed by atoms with Gasteiger partial charge in [0, 0.05) is 33.4 Å². The molecule has 1 heterocycles. The van der Waals surface area contributed by atoms with Crippen LogP contribution in [-0.4, -0.2) is 43.1 Å². The molecule has 2 N–H and O–H groups in total. The lowest BCUT2D eigenvalue weighted by molar-refractivity contribution is -0.385. The van der Waals surface area contributed by atoms with Crippen LogP contribution in [0.5, 0.6) is 0 Å². The fourth-order valence-electron chi connectivity index (χ4n) is 1.44. The summed E-state index contributed by atoms with van der Waals surface area (Å²) in [5, 5.41) is 16.0. The number of hydrogen-bond acceptors (Lipinski definition) is 6. The van der Waals surface area contributed by atoms with Crippen LogP contribution in [0, 0.1) is 10.1 Å². The Labute approximate surface area is 110 Å². The first-order chi connectivity index (χ1) is 9.10. The average Bonchev–Trinajstić information content (AvgIpc) is 2.42. The van der Waals surface area contributed by atoms with Gasteiger partial charge in [0.25, 0.3) is 11.6 Å². The number of pyridine rings is 1. The van der Waals surface area contributed by atoms with Crippen molar-refractivity contribution >= 4 is 17.4 Å². The van der Waals surface area contributed by atoms with Gasteiger partial charge in [-0.15, -0.1) is 0 Å². The molecule has 0 aliphatic heterocycles. The fraction of sp³-hybridized carbons (Fsp3) is 0.455. The Morgan fingerprint density at radius 3 is 2.89 bits per heavy atom. The monoisotopic (exact) mass is 268 g/mol. The largest absolute Gasteiger partial charge is 0.385 e. The molecule has 0 saturated heterocycles. The number of carbonyl (C=O) groups is 1. The molecular formula is C11H16N4O4. The predicted molar refractivity (Wildman–Crippen MR) is 69.3 cm³/mol. The molecule has 19 heavy (non-hydrogen) atoms.